The highest BCUT2D eigenvalue weighted by Crippen LogP contribution is 2.40. The number of benzene rings is 1. The van der Waals surface area contributed by atoms with E-state index in [0.717, 1.165) is 5.56 Å². The van der Waals surface area contributed by atoms with Gasteiger partial charge in [-0.05, 0) is 37.0 Å². The predicted molar refractivity (Wildman–Crippen MR) is 76.0 cm³/mol. The van der Waals surface area contributed by atoms with Gasteiger partial charge in [0.1, 0.15) is 0 Å². The number of nitrogens with one attached hydrogen (secondary N) is 1. The van der Waals surface area contributed by atoms with Gasteiger partial charge in [0.05, 0.1) is 12.5 Å². The Hall–Kier alpha value is -1.35. The smallest absolute Gasteiger partial charge is 0.224 e. The van der Waals surface area contributed by atoms with Crippen molar-refractivity contribution in [1.29, 1.82) is 0 Å². The van der Waals surface area contributed by atoms with Crippen LogP contribution in [0.3, 0.4) is 0 Å². The molecule has 1 aromatic rings. The lowest BCUT2D eigenvalue weighted by molar-refractivity contribution is -0.128. The van der Waals surface area contributed by atoms with E-state index in [2.05, 4.69) is 31.3 Å². The maximum atomic E-state index is 12.0. The maximum absolute atomic E-state index is 12.0. The van der Waals surface area contributed by atoms with Gasteiger partial charge in [0.15, 0.2) is 0 Å². The minimum atomic E-state index is -0.306. The van der Waals surface area contributed by atoms with Gasteiger partial charge in [0.2, 0.25) is 5.91 Å². The van der Waals surface area contributed by atoms with Crippen molar-refractivity contribution in [3.05, 3.63) is 34.9 Å². The van der Waals surface area contributed by atoms with Crippen molar-refractivity contribution >= 4 is 5.91 Å². The van der Waals surface area contributed by atoms with Crippen LogP contribution >= 0.6 is 0 Å². The molecule has 2 rings (SSSR count). The van der Waals surface area contributed by atoms with Gasteiger partial charge in [-0.3, -0.25) is 4.79 Å². The zero-order chi connectivity index (χ0) is 14.2. The Kier molecular flexibility index (Phi) is 3.68. The topological polar surface area (TPSA) is 49.3 Å². The lowest BCUT2D eigenvalue weighted by Gasteiger charge is -2.49. The Bertz CT molecular complexity index is 494. The lowest BCUT2D eigenvalue weighted by atomic mass is 9.64. The summed E-state index contributed by atoms with van der Waals surface area (Å²) < 4.78 is 0. The summed E-state index contributed by atoms with van der Waals surface area (Å²) in [5.41, 5.74) is 3.29. The van der Waals surface area contributed by atoms with E-state index < -0.39 is 0 Å². The minimum absolute atomic E-state index is 0.0354. The largest absolute Gasteiger partial charge is 0.392 e. The molecule has 0 bridgehead atoms. The van der Waals surface area contributed by atoms with Crippen molar-refractivity contribution < 1.29 is 9.90 Å². The van der Waals surface area contributed by atoms with Crippen LogP contribution in [0, 0.1) is 19.3 Å². The number of carbonyl (C=O) groups excluding carboxylic acids is 1. The molecule has 104 valence electrons. The van der Waals surface area contributed by atoms with Crippen LogP contribution in [0.1, 0.15) is 37.0 Å². The fourth-order valence-electron chi connectivity index (χ4n) is 2.49. The summed E-state index contributed by atoms with van der Waals surface area (Å²) in [6.07, 6.45) is 0.759. The van der Waals surface area contributed by atoms with Gasteiger partial charge in [0, 0.05) is 11.5 Å². The van der Waals surface area contributed by atoms with Crippen LogP contribution in [0.2, 0.25) is 0 Å². The molecule has 2 N–H and O–H groups in total. The zero-order valence-corrected chi connectivity index (χ0v) is 12.2. The molecule has 0 aliphatic heterocycles. The van der Waals surface area contributed by atoms with Crippen molar-refractivity contribution in [1.82, 2.24) is 5.32 Å². The van der Waals surface area contributed by atoms with Crippen LogP contribution in [-0.2, 0) is 11.2 Å². The van der Waals surface area contributed by atoms with E-state index in [9.17, 15) is 9.90 Å². The van der Waals surface area contributed by atoms with Crippen LogP contribution in [0.4, 0.5) is 0 Å². The van der Waals surface area contributed by atoms with Crippen molar-refractivity contribution in [2.45, 2.75) is 52.7 Å². The van der Waals surface area contributed by atoms with E-state index in [-0.39, 0.29) is 23.5 Å². The second-order valence-corrected chi connectivity index (χ2v) is 6.29. The van der Waals surface area contributed by atoms with E-state index >= 15 is 0 Å². The number of hydrogen-bond acceptors (Lipinski definition) is 2. The first-order chi connectivity index (χ1) is 8.80. The number of amides is 1. The molecule has 0 saturated heterocycles. The monoisotopic (exact) mass is 261 g/mol. The molecule has 3 heteroatoms. The number of aliphatic hydroxyl groups is 1. The van der Waals surface area contributed by atoms with Gasteiger partial charge in [0.25, 0.3) is 0 Å². The molecule has 0 aromatic heterocycles. The number of aliphatic hydroxyl groups excluding tert-OH is 1. The highest BCUT2D eigenvalue weighted by Gasteiger charge is 2.47. The summed E-state index contributed by atoms with van der Waals surface area (Å²) >= 11 is 0. The van der Waals surface area contributed by atoms with Crippen LogP contribution in [0.5, 0.6) is 0 Å². The van der Waals surface area contributed by atoms with Crippen molar-refractivity contribution in [3.63, 3.8) is 0 Å². The highest BCUT2D eigenvalue weighted by atomic mass is 16.3. The van der Waals surface area contributed by atoms with Crippen molar-refractivity contribution in [3.8, 4) is 0 Å². The van der Waals surface area contributed by atoms with Gasteiger partial charge in [-0.25, -0.2) is 0 Å². The first-order valence-electron chi connectivity index (χ1n) is 6.84. The molecule has 1 amide bonds. The van der Waals surface area contributed by atoms with Crippen LogP contribution < -0.4 is 5.32 Å². The maximum Gasteiger partial charge on any atom is 0.224 e. The molecule has 2 unspecified atom stereocenters. The number of hydrogen-bond donors (Lipinski definition) is 2. The van der Waals surface area contributed by atoms with E-state index in [4.69, 9.17) is 0 Å². The Balaban J connectivity index is 1.93. The second-order valence-electron chi connectivity index (χ2n) is 6.29. The molecule has 1 fully saturated rings. The second kappa shape index (κ2) is 4.97. The number of carbonyl (C=O) groups is 1. The van der Waals surface area contributed by atoms with E-state index in [1.165, 1.54) is 11.1 Å². The first-order valence-corrected chi connectivity index (χ1v) is 6.84. The molecule has 0 radical (unpaired) electrons. The number of aryl methyl sites for hydroxylation is 2. The lowest BCUT2D eigenvalue weighted by Crippen LogP contribution is -2.61. The van der Waals surface area contributed by atoms with Gasteiger partial charge in [-0.1, -0.05) is 32.0 Å². The molecular weight excluding hydrogens is 238 g/mol. The first kappa shape index (κ1) is 14.1. The van der Waals surface area contributed by atoms with Gasteiger partial charge in [-0.2, -0.15) is 0 Å². The Morgan fingerprint density at radius 3 is 2.58 bits per heavy atom. The molecular formula is C16H23NO2. The van der Waals surface area contributed by atoms with Gasteiger partial charge < -0.3 is 10.4 Å². The third-order valence-corrected chi connectivity index (χ3v) is 4.49. The van der Waals surface area contributed by atoms with E-state index in [1.807, 2.05) is 19.9 Å². The summed E-state index contributed by atoms with van der Waals surface area (Å²) in [6.45, 7) is 8.10. The molecule has 3 nitrogen and oxygen atoms in total. The van der Waals surface area contributed by atoms with Crippen molar-refractivity contribution in [2.75, 3.05) is 0 Å². The van der Waals surface area contributed by atoms with Gasteiger partial charge in [-0.15, -0.1) is 0 Å². The van der Waals surface area contributed by atoms with Crippen LogP contribution in [0.15, 0.2) is 18.2 Å². The summed E-state index contributed by atoms with van der Waals surface area (Å²) in [5, 5.41) is 12.7. The van der Waals surface area contributed by atoms with Crippen LogP contribution in [-0.4, -0.2) is 23.2 Å². The fourth-order valence-corrected chi connectivity index (χ4v) is 2.49. The molecule has 0 spiro atoms. The predicted octanol–water partition coefficient (Wildman–Crippen LogP) is 2.12. The van der Waals surface area contributed by atoms with E-state index in [0.29, 0.717) is 12.8 Å². The normalized spacial score (nSPS) is 24.7. The molecule has 0 heterocycles. The average molecular weight is 261 g/mol. The van der Waals surface area contributed by atoms with Gasteiger partial charge >= 0.3 is 0 Å². The third kappa shape index (κ3) is 2.81. The van der Waals surface area contributed by atoms with Crippen LogP contribution in [0.25, 0.3) is 0 Å². The highest BCUT2D eigenvalue weighted by molar-refractivity contribution is 5.79. The fraction of sp³-hybridized carbons (Fsp3) is 0.562. The molecule has 19 heavy (non-hydrogen) atoms. The average Bonchev–Trinajstić information content (AvgIpc) is 2.33. The molecule has 1 aliphatic carbocycles. The molecule has 1 aromatic carbocycles. The summed E-state index contributed by atoms with van der Waals surface area (Å²) in [4.78, 5) is 12.0. The molecule has 1 aliphatic rings. The molecule has 1 saturated carbocycles. The van der Waals surface area contributed by atoms with E-state index in [1.54, 1.807) is 0 Å². The summed E-state index contributed by atoms with van der Waals surface area (Å²) in [5.74, 6) is 0.0354. The number of rotatable bonds is 3. The van der Waals surface area contributed by atoms with Crippen molar-refractivity contribution in [2.24, 2.45) is 5.41 Å². The Labute approximate surface area is 115 Å². The molecule has 2 atom stereocenters. The zero-order valence-electron chi connectivity index (χ0n) is 12.2. The Morgan fingerprint density at radius 1 is 1.37 bits per heavy atom. The standard InChI is InChI=1S/C16H23NO2/c1-10-5-6-12(7-11(10)2)8-15(19)17-13-9-14(18)16(13,3)4/h5-7,13-14,18H,8-9H2,1-4H3,(H,17,19). The third-order valence-electron chi connectivity index (χ3n) is 4.49. The Morgan fingerprint density at radius 2 is 2.05 bits per heavy atom. The SMILES string of the molecule is Cc1ccc(CC(=O)NC2CC(O)C2(C)C)cc1C. The summed E-state index contributed by atoms with van der Waals surface area (Å²) in [6, 6.07) is 6.20. The minimum Gasteiger partial charge on any atom is -0.392 e. The summed E-state index contributed by atoms with van der Waals surface area (Å²) in [7, 11) is 0. The quantitative estimate of drug-likeness (QED) is 0.875.